The predicted molar refractivity (Wildman–Crippen MR) is 111 cm³/mol. The number of carbonyl (C=O) groups excluding carboxylic acids is 1. The van der Waals surface area contributed by atoms with Crippen LogP contribution >= 0.6 is 24.0 Å². The molecule has 28 heavy (non-hydrogen) atoms. The standard InChI is InChI=1S/C20H21ClN4O2.ClH/c21-15-5-1-6-16(10-15)25-18(19-7-3-9-27-19)11-17(24-25)20(26)23-13-14-4-2-8-22-12-14;/h1,3,5-7,9-11,14,22H,2,4,8,12-13H2,(H,23,26);1H. The molecule has 1 aromatic carbocycles. The average Bonchev–Trinajstić information content (AvgIpc) is 3.36. The van der Waals surface area contributed by atoms with Gasteiger partial charge in [0.05, 0.1) is 12.0 Å². The molecule has 1 aliphatic rings. The zero-order valence-electron chi connectivity index (χ0n) is 15.2. The lowest BCUT2D eigenvalue weighted by Crippen LogP contribution is -2.38. The van der Waals surface area contributed by atoms with Gasteiger partial charge in [-0.25, -0.2) is 4.68 Å². The lowest BCUT2D eigenvalue weighted by atomic mass is 10.00. The van der Waals surface area contributed by atoms with Gasteiger partial charge in [-0.05, 0) is 62.2 Å². The molecule has 3 aromatic rings. The van der Waals surface area contributed by atoms with Crippen molar-refractivity contribution in [2.75, 3.05) is 19.6 Å². The van der Waals surface area contributed by atoms with Gasteiger partial charge in [-0.1, -0.05) is 17.7 Å². The number of nitrogens with one attached hydrogen (secondary N) is 2. The maximum atomic E-state index is 12.7. The molecule has 4 rings (SSSR count). The molecule has 1 amide bonds. The number of nitrogens with zero attached hydrogens (tertiary/aromatic N) is 2. The number of benzene rings is 1. The summed E-state index contributed by atoms with van der Waals surface area (Å²) < 4.78 is 7.21. The van der Waals surface area contributed by atoms with E-state index >= 15 is 0 Å². The Labute approximate surface area is 174 Å². The number of carbonyl (C=O) groups is 1. The fourth-order valence-corrected chi connectivity index (χ4v) is 3.51. The van der Waals surface area contributed by atoms with Gasteiger partial charge in [-0.15, -0.1) is 12.4 Å². The van der Waals surface area contributed by atoms with Crippen LogP contribution in [0.4, 0.5) is 0 Å². The maximum absolute atomic E-state index is 12.7. The van der Waals surface area contributed by atoms with E-state index in [1.807, 2.05) is 18.2 Å². The second-order valence-corrected chi connectivity index (χ2v) is 7.14. The number of halogens is 2. The zero-order valence-corrected chi connectivity index (χ0v) is 16.8. The number of aromatic nitrogens is 2. The summed E-state index contributed by atoms with van der Waals surface area (Å²) in [5, 5.41) is 11.5. The van der Waals surface area contributed by atoms with Gasteiger partial charge in [0.15, 0.2) is 11.5 Å². The summed E-state index contributed by atoms with van der Waals surface area (Å²) in [7, 11) is 0. The first-order valence-electron chi connectivity index (χ1n) is 9.09. The highest BCUT2D eigenvalue weighted by Gasteiger charge is 2.20. The SMILES string of the molecule is Cl.O=C(NCC1CCCNC1)c1cc(-c2ccco2)n(-c2cccc(Cl)c2)n1. The summed E-state index contributed by atoms with van der Waals surface area (Å²) in [6.45, 7) is 2.64. The predicted octanol–water partition coefficient (Wildman–Crippen LogP) is 3.94. The van der Waals surface area contributed by atoms with Crippen LogP contribution in [-0.2, 0) is 0 Å². The van der Waals surface area contributed by atoms with Gasteiger partial charge >= 0.3 is 0 Å². The molecule has 1 saturated heterocycles. The van der Waals surface area contributed by atoms with E-state index in [2.05, 4.69) is 15.7 Å². The molecule has 0 spiro atoms. The van der Waals surface area contributed by atoms with E-state index in [0.717, 1.165) is 31.6 Å². The van der Waals surface area contributed by atoms with E-state index in [4.69, 9.17) is 16.0 Å². The van der Waals surface area contributed by atoms with Gasteiger partial charge in [0.25, 0.3) is 5.91 Å². The number of hydrogen-bond donors (Lipinski definition) is 2. The van der Waals surface area contributed by atoms with Gasteiger partial charge in [0.2, 0.25) is 0 Å². The Morgan fingerprint density at radius 2 is 2.21 bits per heavy atom. The first-order chi connectivity index (χ1) is 13.2. The van der Waals surface area contributed by atoms with Gasteiger partial charge < -0.3 is 15.1 Å². The lowest BCUT2D eigenvalue weighted by Gasteiger charge is -2.22. The Bertz CT molecular complexity index is 918. The molecule has 0 radical (unpaired) electrons. The zero-order chi connectivity index (χ0) is 18.6. The van der Waals surface area contributed by atoms with E-state index in [0.29, 0.717) is 34.6 Å². The summed E-state index contributed by atoms with van der Waals surface area (Å²) >= 11 is 6.13. The lowest BCUT2D eigenvalue weighted by molar-refractivity contribution is 0.0939. The quantitative estimate of drug-likeness (QED) is 0.655. The van der Waals surface area contributed by atoms with Gasteiger partial charge in [0, 0.05) is 17.6 Å². The Hall–Kier alpha value is -2.28. The second-order valence-electron chi connectivity index (χ2n) is 6.71. The molecule has 6 nitrogen and oxygen atoms in total. The summed E-state index contributed by atoms with van der Waals surface area (Å²) in [6, 6.07) is 12.7. The van der Waals surface area contributed by atoms with E-state index in [-0.39, 0.29) is 18.3 Å². The monoisotopic (exact) mass is 420 g/mol. The topological polar surface area (TPSA) is 72.1 Å². The molecular weight excluding hydrogens is 399 g/mol. The Balaban J connectivity index is 0.00000225. The van der Waals surface area contributed by atoms with E-state index < -0.39 is 0 Å². The normalized spacial score (nSPS) is 16.4. The van der Waals surface area contributed by atoms with Crippen molar-refractivity contribution in [3.63, 3.8) is 0 Å². The van der Waals surface area contributed by atoms with E-state index in [1.54, 1.807) is 35.2 Å². The minimum atomic E-state index is -0.186. The molecule has 1 atom stereocenters. The minimum absolute atomic E-state index is 0. The van der Waals surface area contributed by atoms with Crippen LogP contribution in [0.2, 0.25) is 5.02 Å². The highest BCUT2D eigenvalue weighted by molar-refractivity contribution is 6.30. The molecule has 0 aliphatic carbocycles. The van der Waals surface area contributed by atoms with Crippen molar-refractivity contribution in [2.24, 2.45) is 5.92 Å². The van der Waals surface area contributed by atoms with Crippen molar-refractivity contribution >= 4 is 29.9 Å². The van der Waals surface area contributed by atoms with Crippen LogP contribution in [0, 0.1) is 5.92 Å². The van der Waals surface area contributed by atoms with Crippen LogP contribution in [0.25, 0.3) is 17.1 Å². The fourth-order valence-electron chi connectivity index (χ4n) is 3.32. The van der Waals surface area contributed by atoms with Crippen molar-refractivity contribution in [3.8, 4) is 17.1 Å². The summed E-state index contributed by atoms with van der Waals surface area (Å²) in [4.78, 5) is 12.7. The summed E-state index contributed by atoms with van der Waals surface area (Å²) in [6.07, 6.45) is 3.87. The molecule has 3 heterocycles. The smallest absolute Gasteiger partial charge is 0.271 e. The molecular formula is C20H22Cl2N4O2. The number of amides is 1. The second kappa shape index (κ2) is 9.28. The minimum Gasteiger partial charge on any atom is -0.463 e. The molecule has 2 N–H and O–H groups in total. The number of furan rings is 1. The van der Waals surface area contributed by atoms with Gasteiger partial charge in [-0.3, -0.25) is 4.79 Å². The van der Waals surface area contributed by atoms with Crippen LogP contribution in [0.5, 0.6) is 0 Å². The number of piperidine rings is 1. The first kappa shape index (κ1) is 20.5. The number of hydrogen-bond acceptors (Lipinski definition) is 4. The van der Waals surface area contributed by atoms with Crippen LogP contribution in [0.1, 0.15) is 23.3 Å². The third-order valence-electron chi connectivity index (χ3n) is 4.72. The molecule has 8 heteroatoms. The maximum Gasteiger partial charge on any atom is 0.271 e. The largest absolute Gasteiger partial charge is 0.463 e. The van der Waals surface area contributed by atoms with E-state index in [9.17, 15) is 4.79 Å². The van der Waals surface area contributed by atoms with E-state index in [1.165, 1.54) is 0 Å². The molecule has 0 saturated carbocycles. The summed E-state index contributed by atoms with van der Waals surface area (Å²) in [5.41, 5.74) is 1.82. The molecule has 1 fully saturated rings. The third kappa shape index (κ3) is 4.58. The highest BCUT2D eigenvalue weighted by atomic mass is 35.5. The molecule has 2 aromatic heterocycles. The Morgan fingerprint density at radius 3 is 2.93 bits per heavy atom. The Morgan fingerprint density at radius 1 is 1.32 bits per heavy atom. The van der Waals surface area contributed by atoms with Gasteiger partial charge in [0.1, 0.15) is 5.69 Å². The van der Waals surface area contributed by atoms with Crippen LogP contribution in [0.15, 0.2) is 53.1 Å². The summed E-state index contributed by atoms with van der Waals surface area (Å²) in [5.74, 6) is 0.912. The molecule has 0 bridgehead atoms. The van der Waals surface area contributed by atoms with Crippen molar-refractivity contribution in [3.05, 3.63) is 59.4 Å². The van der Waals surface area contributed by atoms with Crippen molar-refractivity contribution in [2.45, 2.75) is 12.8 Å². The van der Waals surface area contributed by atoms with Crippen molar-refractivity contribution in [1.29, 1.82) is 0 Å². The third-order valence-corrected chi connectivity index (χ3v) is 4.95. The first-order valence-corrected chi connectivity index (χ1v) is 9.47. The average molecular weight is 421 g/mol. The van der Waals surface area contributed by atoms with Crippen LogP contribution < -0.4 is 10.6 Å². The fraction of sp³-hybridized carbons (Fsp3) is 0.300. The number of rotatable bonds is 5. The Kier molecular flexibility index (Phi) is 6.78. The highest BCUT2D eigenvalue weighted by Crippen LogP contribution is 2.26. The van der Waals surface area contributed by atoms with Crippen molar-refractivity contribution < 1.29 is 9.21 Å². The molecule has 1 unspecified atom stereocenters. The van der Waals surface area contributed by atoms with Crippen LogP contribution in [-0.4, -0.2) is 35.3 Å². The molecule has 1 aliphatic heterocycles. The molecule has 148 valence electrons. The van der Waals surface area contributed by atoms with Gasteiger partial charge in [-0.2, -0.15) is 5.10 Å². The van der Waals surface area contributed by atoms with Crippen LogP contribution in [0.3, 0.4) is 0 Å². The van der Waals surface area contributed by atoms with Crippen molar-refractivity contribution in [1.82, 2.24) is 20.4 Å².